The van der Waals surface area contributed by atoms with Crippen LogP contribution in [0.25, 0.3) is 0 Å². The molecule has 0 saturated heterocycles. The number of nitrogens with one attached hydrogen (secondary N) is 1. The van der Waals surface area contributed by atoms with Gasteiger partial charge < -0.3 is 0 Å². The number of sulfonamides is 1. The van der Waals surface area contributed by atoms with Gasteiger partial charge in [-0.2, -0.15) is 26.3 Å². The van der Waals surface area contributed by atoms with Crippen LogP contribution >= 0.6 is 0 Å². The van der Waals surface area contributed by atoms with E-state index in [0.29, 0.717) is 18.2 Å². The zero-order chi connectivity index (χ0) is 26.6. The maximum absolute atomic E-state index is 13.5. The molecule has 0 amide bonds. The predicted molar refractivity (Wildman–Crippen MR) is 111 cm³/mol. The van der Waals surface area contributed by atoms with Crippen molar-refractivity contribution in [3.05, 3.63) is 59.4 Å². The highest BCUT2D eigenvalue weighted by atomic mass is 32.2. The van der Waals surface area contributed by atoms with E-state index in [-0.39, 0.29) is 18.9 Å². The molecule has 0 aliphatic heterocycles. The quantitative estimate of drug-likeness (QED) is 0.506. The summed E-state index contributed by atoms with van der Waals surface area (Å²) in [5.41, 5.74) is -2.88. The van der Waals surface area contributed by atoms with E-state index in [1.807, 2.05) is 0 Å². The van der Waals surface area contributed by atoms with Gasteiger partial charge in [0, 0.05) is 6.04 Å². The number of sulfone groups is 1. The third kappa shape index (κ3) is 5.33. The summed E-state index contributed by atoms with van der Waals surface area (Å²) in [6.07, 6.45) is -9.92. The van der Waals surface area contributed by atoms with Crippen LogP contribution in [0.5, 0.6) is 0 Å². The highest BCUT2D eigenvalue weighted by Gasteiger charge is 2.49. The first-order chi connectivity index (χ1) is 15.8. The summed E-state index contributed by atoms with van der Waals surface area (Å²) in [6, 6.07) is 3.66. The Labute approximate surface area is 197 Å². The van der Waals surface area contributed by atoms with Crippen molar-refractivity contribution in [1.29, 1.82) is 0 Å². The van der Waals surface area contributed by atoms with Crippen LogP contribution < -0.4 is 4.72 Å². The molecule has 3 rings (SSSR count). The van der Waals surface area contributed by atoms with Gasteiger partial charge in [-0.25, -0.2) is 25.9 Å². The van der Waals surface area contributed by atoms with Gasteiger partial charge >= 0.3 is 12.4 Å². The Morgan fingerprint density at radius 3 is 1.97 bits per heavy atom. The van der Waals surface area contributed by atoms with E-state index in [1.54, 1.807) is 0 Å². The van der Waals surface area contributed by atoms with Gasteiger partial charge in [-0.05, 0) is 69.0 Å². The molecule has 0 unspecified atom stereocenters. The number of alkyl halides is 6. The summed E-state index contributed by atoms with van der Waals surface area (Å²) in [5, 5.41) is 0. The molecule has 194 valence electrons. The first-order valence-electron chi connectivity index (χ1n) is 10.1. The fraction of sp³-hybridized carbons (Fsp3) is 0.429. The predicted octanol–water partition coefficient (Wildman–Crippen LogP) is 5.17. The average molecular weight is 548 g/mol. The van der Waals surface area contributed by atoms with Gasteiger partial charge in [-0.3, -0.25) is 0 Å². The first-order valence-corrected chi connectivity index (χ1v) is 13.0. The molecule has 0 heterocycles. The molecule has 0 bridgehead atoms. The van der Waals surface area contributed by atoms with Crippen LogP contribution in [0.4, 0.5) is 30.7 Å². The lowest BCUT2D eigenvalue weighted by Crippen LogP contribution is -2.53. The lowest BCUT2D eigenvalue weighted by Gasteiger charge is -2.44. The SMILES string of the molecule is CC(C)([C@H]1C[C@H](NS(=O)(=O)c2ccc(F)c(C(F)(F)F)c2)C1)S(=O)(=O)c1cccc(C(F)(F)F)c1. The average Bonchev–Trinajstić information content (AvgIpc) is 2.69. The zero-order valence-corrected chi connectivity index (χ0v) is 19.8. The van der Waals surface area contributed by atoms with E-state index in [2.05, 4.69) is 4.72 Å². The lowest BCUT2D eigenvalue weighted by atomic mass is 9.73. The summed E-state index contributed by atoms with van der Waals surface area (Å²) >= 11 is 0. The zero-order valence-electron chi connectivity index (χ0n) is 18.2. The molecule has 1 N–H and O–H groups in total. The van der Waals surface area contributed by atoms with Crippen molar-refractivity contribution in [3.63, 3.8) is 0 Å². The molecule has 0 spiro atoms. The minimum atomic E-state index is -5.11. The van der Waals surface area contributed by atoms with Crippen LogP contribution in [0.1, 0.15) is 37.8 Å². The lowest BCUT2D eigenvalue weighted by molar-refractivity contribution is -0.140. The van der Waals surface area contributed by atoms with Gasteiger partial charge in [-0.1, -0.05) is 6.07 Å². The smallest absolute Gasteiger partial charge is 0.223 e. The van der Waals surface area contributed by atoms with Gasteiger partial charge in [0.05, 0.1) is 25.7 Å². The number of halogens is 7. The van der Waals surface area contributed by atoms with Gasteiger partial charge in [-0.15, -0.1) is 0 Å². The van der Waals surface area contributed by atoms with E-state index in [1.165, 1.54) is 13.8 Å². The fourth-order valence-electron chi connectivity index (χ4n) is 3.82. The second kappa shape index (κ2) is 8.73. The minimum Gasteiger partial charge on any atom is -0.223 e. The summed E-state index contributed by atoms with van der Waals surface area (Å²) < 4.78 is 143. The van der Waals surface area contributed by atoms with Crippen LogP contribution in [0, 0.1) is 11.7 Å². The molecule has 0 aromatic heterocycles. The first kappa shape index (κ1) is 27.4. The van der Waals surface area contributed by atoms with E-state index >= 15 is 0 Å². The molecule has 0 radical (unpaired) electrons. The Kier molecular flexibility index (Phi) is 6.83. The normalized spacial score (nSPS) is 19.9. The Morgan fingerprint density at radius 1 is 0.829 bits per heavy atom. The molecule has 0 atom stereocenters. The van der Waals surface area contributed by atoms with Crippen LogP contribution in [0.3, 0.4) is 0 Å². The summed E-state index contributed by atoms with van der Waals surface area (Å²) in [7, 11) is -8.76. The van der Waals surface area contributed by atoms with Crippen LogP contribution in [-0.2, 0) is 32.2 Å². The highest BCUT2D eigenvalue weighted by molar-refractivity contribution is 7.92. The van der Waals surface area contributed by atoms with E-state index in [9.17, 15) is 47.6 Å². The van der Waals surface area contributed by atoms with Crippen molar-refractivity contribution in [2.24, 2.45) is 5.92 Å². The van der Waals surface area contributed by atoms with Crippen molar-refractivity contribution in [2.45, 2.75) is 59.6 Å². The summed E-state index contributed by atoms with van der Waals surface area (Å²) in [4.78, 5) is -1.35. The molecule has 5 nitrogen and oxygen atoms in total. The monoisotopic (exact) mass is 547 g/mol. The Balaban J connectivity index is 1.76. The largest absolute Gasteiger partial charge is 0.419 e. The second-order valence-electron chi connectivity index (χ2n) is 8.76. The van der Waals surface area contributed by atoms with Gasteiger partial charge in [0.15, 0.2) is 9.84 Å². The van der Waals surface area contributed by atoms with Gasteiger partial charge in [0.25, 0.3) is 0 Å². The van der Waals surface area contributed by atoms with E-state index in [4.69, 9.17) is 0 Å². The van der Waals surface area contributed by atoms with Crippen molar-refractivity contribution < 1.29 is 47.6 Å². The Hall–Kier alpha value is -2.19. The Bertz CT molecular complexity index is 1330. The second-order valence-corrected chi connectivity index (χ2v) is 13.0. The third-order valence-electron chi connectivity index (χ3n) is 6.16. The molecular weight excluding hydrogens is 527 g/mol. The number of benzene rings is 2. The molecule has 35 heavy (non-hydrogen) atoms. The number of hydrogen-bond donors (Lipinski definition) is 1. The molecule has 1 aliphatic carbocycles. The number of hydrogen-bond acceptors (Lipinski definition) is 4. The molecule has 1 aliphatic rings. The maximum atomic E-state index is 13.5. The van der Waals surface area contributed by atoms with Crippen LogP contribution in [-0.4, -0.2) is 27.6 Å². The standard InChI is InChI=1S/C21H20F7NO4S2/c1-19(2,34(30,31)15-5-3-4-12(10-15)20(23,24)25)13-8-14(9-13)29-35(32,33)16-6-7-18(22)17(11-16)21(26,27)28/h3-7,10-11,13-14,29H,8-9H2,1-2H3/t13-,14-. The van der Waals surface area contributed by atoms with Crippen molar-refractivity contribution in [1.82, 2.24) is 4.72 Å². The van der Waals surface area contributed by atoms with Crippen molar-refractivity contribution >= 4 is 19.9 Å². The molecule has 1 saturated carbocycles. The number of rotatable bonds is 6. The molecule has 1 fully saturated rings. The maximum Gasteiger partial charge on any atom is 0.419 e. The Morgan fingerprint density at radius 2 is 1.43 bits per heavy atom. The van der Waals surface area contributed by atoms with Crippen LogP contribution in [0.15, 0.2) is 52.3 Å². The fourth-order valence-corrected chi connectivity index (χ4v) is 6.89. The topological polar surface area (TPSA) is 80.3 Å². The molecule has 2 aromatic rings. The highest BCUT2D eigenvalue weighted by Crippen LogP contribution is 2.44. The third-order valence-corrected chi connectivity index (χ3v) is 10.3. The van der Waals surface area contributed by atoms with Crippen LogP contribution in [0.2, 0.25) is 0 Å². The van der Waals surface area contributed by atoms with E-state index in [0.717, 1.165) is 18.2 Å². The van der Waals surface area contributed by atoms with Gasteiger partial charge in [0.2, 0.25) is 10.0 Å². The summed E-state index contributed by atoms with van der Waals surface area (Å²) in [5.74, 6) is -2.30. The molecule has 14 heteroatoms. The minimum absolute atomic E-state index is 0.0300. The van der Waals surface area contributed by atoms with Crippen molar-refractivity contribution in [3.8, 4) is 0 Å². The van der Waals surface area contributed by atoms with E-state index < -0.39 is 75.7 Å². The van der Waals surface area contributed by atoms with Gasteiger partial charge in [0.1, 0.15) is 5.82 Å². The molecule has 2 aromatic carbocycles. The van der Waals surface area contributed by atoms with Crippen molar-refractivity contribution in [2.75, 3.05) is 0 Å². The molecular formula is C21H20F7NO4S2. The summed E-state index contributed by atoms with van der Waals surface area (Å²) in [6.45, 7) is 2.63.